The lowest BCUT2D eigenvalue weighted by atomic mass is 9.89. The molecule has 19 heavy (non-hydrogen) atoms. The highest BCUT2D eigenvalue weighted by Crippen LogP contribution is 2.23. The first-order valence-corrected chi connectivity index (χ1v) is 6.05. The van der Waals surface area contributed by atoms with Gasteiger partial charge in [0.15, 0.2) is 5.78 Å². The Hall–Kier alpha value is -2.22. The number of nitrogens with zero attached hydrogens (tertiary/aromatic N) is 2. The highest BCUT2D eigenvalue weighted by molar-refractivity contribution is 6.01. The molecule has 1 aromatic carbocycles. The van der Waals surface area contributed by atoms with E-state index in [0.29, 0.717) is 12.0 Å². The minimum absolute atomic E-state index is 0.129. The van der Waals surface area contributed by atoms with Crippen LogP contribution in [0.1, 0.15) is 36.2 Å². The predicted octanol–water partition coefficient (Wildman–Crippen LogP) is 3.27. The van der Waals surface area contributed by atoms with Crippen LogP contribution in [0.25, 0.3) is 0 Å². The number of Topliss-reactive ketones (excluding diaryl/α,β-unsaturated/α-hetero) is 1. The lowest BCUT2D eigenvalue weighted by Gasteiger charge is -2.12. The molecule has 0 amide bonds. The van der Waals surface area contributed by atoms with Gasteiger partial charge in [0, 0.05) is 17.7 Å². The average molecular weight is 260 g/mol. The number of hydrogen-bond donors (Lipinski definition) is 0. The van der Waals surface area contributed by atoms with Gasteiger partial charge in [-0.1, -0.05) is 19.9 Å². The summed E-state index contributed by atoms with van der Waals surface area (Å²) in [5, 5.41) is 19.8. The first-order chi connectivity index (χ1) is 8.86. The summed E-state index contributed by atoms with van der Waals surface area (Å²) >= 11 is 0. The van der Waals surface area contributed by atoms with Crippen molar-refractivity contribution in [2.75, 3.05) is 0 Å². The van der Waals surface area contributed by atoms with E-state index in [1.165, 1.54) is 18.2 Å². The maximum Gasteiger partial charge on any atom is 0.270 e. The Balaban J connectivity index is 3.14. The topological polar surface area (TPSA) is 84.0 Å². The molecular weight excluding hydrogens is 244 g/mol. The summed E-state index contributed by atoms with van der Waals surface area (Å²) in [6.45, 7) is 5.57. The first-order valence-electron chi connectivity index (χ1n) is 6.05. The van der Waals surface area contributed by atoms with Crippen LogP contribution in [0, 0.1) is 40.2 Å². The van der Waals surface area contributed by atoms with Gasteiger partial charge >= 0.3 is 0 Å². The Morgan fingerprint density at radius 1 is 1.47 bits per heavy atom. The number of carbonyl (C=O) groups excluding carboxylic acids is 1. The van der Waals surface area contributed by atoms with E-state index in [0.717, 1.165) is 0 Å². The van der Waals surface area contributed by atoms with E-state index >= 15 is 0 Å². The van der Waals surface area contributed by atoms with Crippen LogP contribution in [0.2, 0.25) is 0 Å². The number of hydrogen-bond acceptors (Lipinski definition) is 4. The van der Waals surface area contributed by atoms with Crippen LogP contribution in [-0.4, -0.2) is 10.7 Å². The summed E-state index contributed by atoms with van der Waals surface area (Å²) in [7, 11) is 0. The molecule has 0 saturated carbocycles. The first kappa shape index (κ1) is 14.8. The van der Waals surface area contributed by atoms with E-state index in [2.05, 4.69) is 0 Å². The van der Waals surface area contributed by atoms with Gasteiger partial charge in [-0.2, -0.15) is 5.26 Å². The van der Waals surface area contributed by atoms with E-state index in [-0.39, 0.29) is 23.0 Å². The molecule has 0 aliphatic heterocycles. The normalized spacial score (nSPS) is 11.9. The molecule has 5 nitrogen and oxygen atoms in total. The molecule has 1 aromatic rings. The molecule has 0 radical (unpaired) electrons. The van der Waals surface area contributed by atoms with Crippen LogP contribution in [-0.2, 0) is 0 Å². The van der Waals surface area contributed by atoms with Crippen LogP contribution >= 0.6 is 0 Å². The van der Waals surface area contributed by atoms with E-state index in [4.69, 9.17) is 5.26 Å². The summed E-state index contributed by atoms with van der Waals surface area (Å²) in [5.74, 6) is -0.870. The zero-order valence-corrected chi connectivity index (χ0v) is 11.2. The van der Waals surface area contributed by atoms with E-state index in [9.17, 15) is 14.9 Å². The smallest absolute Gasteiger partial charge is 0.270 e. The minimum atomic E-state index is -0.749. The van der Waals surface area contributed by atoms with Crippen LogP contribution in [0.5, 0.6) is 0 Å². The number of carbonyl (C=O) groups is 1. The number of aryl methyl sites for hydroxylation is 1. The zero-order valence-electron chi connectivity index (χ0n) is 11.2. The molecule has 0 aliphatic carbocycles. The Bertz CT molecular complexity index is 544. The number of benzene rings is 1. The highest BCUT2D eigenvalue weighted by atomic mass is 16.6. The summed E-state index contributed by atoms with van der Waals surface area (Å²) in [4.78, 5) is 22.5. The van der Waals surface area contributed by atoms with Crippen LogP contribution in [0.3, 0.4) is 0 Å². The second-order valence-electron chi connectivity index (χ2n) is 4.93. The van der Waals surface area contributed by atoms with Gasteiger partial charge in [0.1, 0.15) is 5.92 Å². The van der Waals surface area contributed by atoms with E-state index in [1.54, 1.807) is 6.92 Å². The summed E-state index contributed by atoms with van der Waals surface area (Å²) in [5.41, 5.74) is 0.788. The third-order valence-corrected chi connectivity index (χ3v) is 2.88. The highest BCUT2D eigenvalue weighted by Gasteiger charge is 2.23. The van der Waals surface area contributed by atoms with Crippen molar-refractivity contribution in [3.8, 4) is 6.07 Å². The van der Waals surface area contributed by atoms with Gasteiger partial charge in [-0.05, 0) is 24.8 Å². The number of ketones is 1. The van der Waals surface area contributed by atoms with Crippen molar-refractivity contribution in [3.05, 3.63) is 39.4 Å². The quantitative estimate of drug-likeness (QED) is 0.462. The Labute approximate surface area is 112 Å². The molecule has 0 bridgehead atoms. The van der Waals surface area contributed by atoms with Crippen LogP contribution in [0.4, 0.5) is 5.69 Å². The van der Waals surface area contributed by atoms with Crippen LogP contribution < -0.4 is 0 Å². The number of non-ortho nitro benzene ring substituents is 1. The molecule has 0 aliphatic rings. The minimum Gasteiger partial charge on any atom is -0.293 e. The molecule has 1 unspecified atom stereocenters. The Kier molecular flexibility index (Phi) is 4.76. The van der Waals surface area contributed by atoms with Gasteiger partial charge in [-0.3, -0.25) is 14.9 Å². The molecule has 0 N–H and O–H groups in total. The fourth-order valence-electron chi connectivity index (χ4n) is 1.87. The standard InChI is InChI=1S/C14H16N2O3/c1-9(2)6-11(8-15)14(17)13-7-12(16(18)19)5-4-10(13)3/h4-5,7,9,11H,6H2,1-3H3. The van der Waals surface area contributed by atoms with Gasteiger partial charge in [0.05, 0.1) is 11.0 Å². The number of nitro benzene ring substituents is 1. The van der Waals surface area contributed by atoms with E-state index < -0.39 is 10.8 Å². The molecule has 0 saturated heterocycles. The lowest BCUT2D eigenvalue weighted by molar-refractivity contribution is -0.384. The summed E-state index contributed by atoms with van der Waals surface area (Å²) < 4.78 is 0. The monoisotopic (exact) mass is 260 g/mol. The second kappa shape index (κ2) is 6.10. The molecular formula is C14H16N2O3. The second-order valence-corrected chi connectivity index (χ2v) is 4.93. The van der Waals surface area contributed by atoms with Gasteiger partial charge in [-0.25, -0.2) is 0 Å². The van der Waals surface area contributed by atoms with Crippen LogP contribution in [0.15, 0.2) is 18.2 Å². The van der Waals surface area contributed by atoms with Gasteiger partial charge < -0.3 is 0 Å². The van der Waals surface area contributed by atoms with E-state index in [1.807, 2.05) is 19.9 Å². The Morgan fingerprint density at radius 3 is 2.58 bits per heavy atom. The molecule has 1 atom stereocenters. The fourth-order valence-corrected chi connectivity index (χ4v) is 1.87. The molecule has 0 heterocycles. The molecule has 0 fully saturated rings. The largest absolute Gasteiger partial charge is 0.293 e. The average Bonchev–Trinajstić information content (AvgIpc) is 2.35. The van der Waals surface area contributed by atoms with Crippen molar-refractivity contribution in [2.24, 2.45) is 11.8 Å². The van der Waals surface area contributed by atoms with Gasteiger partial charge in [0.2, 0.25) is 0 Å². The number of nitriles is 1. The van der Waals surface area contributed by atoms with Crippen molar-refractivity contribution < 1.29 is 9.72 Å². The van der Waals surface area contributed by atoms with Gasteiger partial charge in [0.25, 0.3) is 5.69 Å². The lowest BCUT2D eigenvalue weighted by Crippen LogP contribution is -2.16. The third kappa shape index (κ3) is 3.62. The zero-order chi connectivity index (χ0) is 14.6. The molecule has 1 rings (SSSR count). The van der Waals surface area contributed by atoms with Gasteiger partial charge in [-0.15, -0.1) is 0 Å². The van der Waals surface area contributed by atoms with Crippen molar-refractivity contribution in [3.63, 3.8) is 0 Å². The predicted molar refractivity (Wildman–Crippen MR) is 70.7 cm³/mol. The number of nitro groups is 1. The molecule has 100 valence electrons. The van der Waals surface area contributed by atoms with Crippen molar-refractivity contribution in [1.82, 2.24) is 0 Å². The maximum absolute atomic E-state index is 12.3. The van der Waals surface area contributed by atoms with Crippen molar-refractivity contribution in [2.45, 2.75) is 27.2 Å². The molecule has 5 heteroatoms. The summed E-state index contributed by atoms with van der Waals surface area (Å²) in [6, 6.07) is 6.13. The van der Waals surface area contributed by atoms with Crippen molar-refractivity contribution >= 4 is 11.5 Å². The molecule has 0 spiro atoms. The molecule has 0 aromatic heterocycles. The van der Waals surface area contributed by atoms with Crippen molar-refractivity contribution in [1.29, 1.82) is 5.26 Å². The number of rotatable bonds is 5. The Morgan fingerprint density at radius 2 is 2.11 bits per heavy atom. The SMILES string of the molecule is Cc1ccc([N+](=O)[O-])cc1C(=O)C(C#N)CC(C)C. The fraction of sp³-hybridized carbons (Fsp3) is 0.429. The third-order valence-electron chi connectivity index (χ3n) is 2.88. The summed E-state index contributed by atoms with van der Waals surface area (Å²) in [6.07, 6.45) is 0.456. The maximum atomic E-state index is 12.3.